The van der Waals surface area contributed by atoms with Crippen LogP contribution in [0.4, 0.5) is 0 Å². The number of hydrogen-bond donors (Lipinski definition) is 1. The summed E-state index contributed by atoms with van der Waals surface area (Å²) in [7, 11) is 0. The van der Waals surface area contributed by atoms with Gasteiger partial charge < -0.3 is 14.6 Å². The Morgan fingerprint density at radius 2 is 1.78 bits per heavy atom. The largest absolute Gasteiger partial charge is 0.393 e. The molecule has 27 heavy (non-hydrogen) atoms. The first-order chi connectivity index (χ1) is 13.0. The highest BCUT2D eigenvalue weighted by molar-refractivity contribution is 5.95. The molecule has 1 saturated heterocycles. The molecule has 4 rings (SSSR count). The molecule has 1 amide bonds. The van der Waals surface area contributed by atoms with Gasteiger partial charge in [-0.3, -0.25) is 14.6 Å². The summed E-state index contributed by atoms with van der Waals surface area (Å²) in [6, 6.07) is 5.88. The average molecular weight is 367 g/mol. The van der Waals surface area contributed by atoms with Crippen LogP contribution in [0.1, 0.15) is 59.1 Å². The summed E-state index contributed by atoms with van der Waals surface area (Å²) in [6.45, 7) is 3.09. The maximum Gasteiger partial charge on any atom is 0.263 e. The van der Waals surface area contributed by atoms with Gasteiger partial charge in [-0.15, -0.1) is 0 Å². The first-order valence-electron chi connectivity index (χ1n) is 9.63. The number of amides is 1. The van der Waals surface area contributed by atoms with Gasteiger partial charge in [-0.25, -0.2) is 0 Å². The lowest BCUT2D eigenvalue weighted by molar-refractivity contribution is 0.0597. The molecule has 0 unspecified atom stereocenters. The molecule has 2 aromatic heterocycles. The fourth-order valence-electron chi connectivity index (χ4n) is 4.17. The molecule has 142 valence electrons. The molecule has 1 N–H and O–H groups in total. The molecule has 0 atom stereocenters. The zero-order valence-electron chi connectivity index (χ0n) is 15.5. The zero-order valence-corrected chi connectivity index (χ0v) is 15.5. The topological polar surface area (TPSA) is 75.4 Å². The van der Waals surface area contributed by atoms with E-state index in [-0.39, 0.29) is 29.2 Å². The van der Waals surface area contributed by atoms with Crippen molar-refractivity contribution in [3.8, 4) is 0 Å². The molecule has 0 aromatic carbocycles. The third-order valence-corrected chi connectivity index (χ3v) is 5.95. The number of pyridine rings is 2. The number of aromatic nitrogens is 2. The number of aliphatic hydroxyl groups is 1. The number of likely N-dealkylation sites (tertiary alicyclic amines) is 1. The van der Waals surface area contributed by atoms with Gasteiger partial charge in [0, 0.05) is 43.6 Å². The van der Waals surface area contributed by atoms with Crippen molar-refractivity contribution in [3.63, 3.8) is 0 Å². The minimum Gasteiger partial charge on any atom is -0.393 e. The molecule has 6 heteroatoms. The summed E-state index contributed by atoms with van der Waals surface area (Å²) in [5.41, 5.74) is 1.99. The van der Waals surface area contributed by atoms with Crippen molar-refractivity contribution in [1.29, 1.82) is 0 Å². The maximum absolute atomic E-state index is 13.1. The van der Waals surface area contributed by atoms with E-state index in [1.165, 1.54) is 5.56 Å². The molecule has 2 fully saturated rings. The predicted molar refractivity (Wildman–Crippen MR) is 102 cm³/mol. The van der Waals surface area contributed by atoms with Gasteiger partial charge in [-0.2, -0.15) is 0 Å². The summed E-state index contributed by atoms with van der Waals surface area (Å²) in [4.78, 5) is 31.8. The lowest BCUT2D eigenvalue weighted by Gasteiger charge is -2.39. The van der Waals surface area contributed by atoms with Crippen LogP contribution in [0.5, 0.6) is 0 Å². The molecule has 1 aliphatic carbocycles. The van der Waals surface area contributed by atoms with Crippen molar-refractivity contribution in [1.82, 2.24) is 14.5 Å². The van der Waals surface area contributed by atoms with Crippen LogP contribution >= 0.6 is 0 Å². The van der Waals surface area contributed by atoms with E-state index in [0.29, 0.717) is 31.8 Å². The van der Waals surface area contributed by atoms with Crippen molar-refractivity contribution in [2.75, 3.05) is 13.1 Å². The van der Waals surface area contributed by atoms with E-state index in [2.05, 4.69) is 4.98 Å². The fraction of sp³-hybridized carbons (Fsp3) is 0.476. The molecular weight excluding hydrogens is 342 g/mol. The van der Waals surface area contributed by atoms with Crippen molar-refractivity contribution in [2.24, 2.45) is 0 Å². The lowest BCUT2D eigenvalue weighted by atomic mass is 9.91. The van der Waals surface area contributed by atoms with Crippen LogP contribution in [0.3, 0.4) is 0 Å². The van der Waals surface area contributed by atoms with Crippen LogP contribution in [0, 0.1) is 6.92 Å². The SMILES string of the molecule is Cc1ccn(C2CCC(O)CC2)c(=O)c1C(=O)N1CC(c2ccncc2)C1. The number of aliphatic hydroxyl groups excluding tert-OH is 1. The Morgan fingerprint density at radius 3 is 2.44 bits per heavy atom. The summed E-state index contributed by atoms with van der Waals surface area (Å²) in [6.07, 6.45) is 8.00. The number of nitrogens with zero attached hydrogens (tertiary/aromatic N) is 3. The molecule has 0 bridgehead atoms. The smallest absolute Gasteiger partial charge is 0.263 e. The minimum absolute atomic E-state index is 0.0639. The third-order valence-electron chi connectivity index (χ3n) is 5.95. The van der Waals surface area contributed by atoms with E-state index in [1.807, 2.05) is 25.1 Å². The second-order valence-corrected chi connectivity index (χ2v) is 7.74. The second kappa shape index (κ2) is 7.27. The molecule has 2 aromatic rings. The standard InChI is InChI=1S/C21H25N3O3/c1-14-8-11-24(17-2-4-18(25)5-3-17)21(27)19(14)20(26)23-12-16(13-23)15-6-9-22-10-7-15/h6-11,16-18,25H,2-5,12-13H2,1H3. The van der Waals surface area contributed by atoms with E-state index in [4.69, 9.17) is 0 Å². The van der Waals surface area contributed by atoms with Crippen LogP contribution in [0.2, 0.25) is 0 Å². The minimum atomic E-state index is -0.269. The van der Waals surface area contributed by atoms with Gasteiger partial charge in [0.2, 0.25) is 0 Å². The molecule has 0 radical (unpaired) electrons. The van der Waals surface area contributed by atoms with Crippen LogP contribution in [0.25, 0.3) is 0 Å². The Balaban J connectivity index is 1.52. The summed E-state index contributed by atoms with van der Waals surface area (Å²) in [5, 5.41) is 9.71. The molecule has 1 saturated carbocycles. The highest BCUT2D eigenvalue weighted by Crippen LogP contribution is 2.29. The van der Waals surface area contributed by atoms with Gasteiger partial charge in [-0.1, -0.05) is 0 Å². The fourth-order valence-corrected chi connectivity index (χ4v) is 4.17. The predicted octanol–water partition coefficient (Wildman–Crippen LogP) is 2.27. The van der Waals surface area contributed by atoms with Crippen molar-refractivity contribution < 1.29 is 9.90 Å². The molecule has 1 aliphatic heterocycles. The molecule has 0 spiro atoms. The normalized spacial score (nSPS) is 23.1. The van der Waals surface area contributed by atoms with Crippen LogP contribution in [-0.2, 0) is 0 Å². The van der Waals surface area contributed by atoms with Gasteiger partial charge in [0.25, 0.3) is 11.5 Å². The zero-order chi connectivity index (χ0) is 19.0. The Hall–Kier alpha value is -2.47. The summed E-state index contributed by atoms with van der Waals surface area (Å²) >= 11 is 0. The van der Waals surface area contributed by atoms with Crippen molar-refractivity contribution in [2.45, 2.75) is 50.7 Å². The second-order valence-electron chi connectivity index (χ2n) is 7.74. The number of carbonyl (C=O) groups excluding carboxylic acids is 1. The first-order valence-corrected chi connectivity index (χ1v) is 9.63. The van der Waals surface area contributed by atoms with E-state index >= 15 is 0 Å². The number of hydrogen-bond acceptors (Lipinski definition) is 4. The highest BCUT2D eigenvalue weighted by atomic mass is 16.3. The Morgan fingerprint density at radius 1 is 1.11 bits per heavy atom. The van der Waals surface area contributed by atoms with E-state index in [1.54, 1.807) is 28.1 Å². The van der Waals surface area contributed by atoms with E-state index in [0.717, 1.165) is 18.4 Å². The van der Waals surface area contributed by atoms with Crippen LogP contribution < -0.4 is 5.56 Å². The van der Waals surface area contributed by atoms with Gasteiger partial charge >= 0.3 is 0 Å². The molecular formula is C21H25N3O3. The molecule has 6 nitrogen and oxygen atoms in total. The average Bonchev–Trinajstić information content (AvgIpc) is 2.63. The van der Waals surface area contributed by atoms with Crippen molar-refractivity contribution >= 4 is 5.91 Å². The maximum atomic E-state index is 13.1. The van der Waals surface area contributed by atoms with Gasteiger partial charge in [0.05, 0.1) is 6.10 Å². The summed E-state index contributed by atoms with van der Waals surface area (Å²) in [5.74, 6) is 0.135. The quantitative estimate of drug-likeness (QED) is 0.903. The lowest BCUT2D eigenvalue weighted by Crippen LogP contribution is -2.50. The van der Waals surface area contributed by atoms with Crippen LogP contribution in [0.15, 0.2) is 41.6 Å². The Bertz CT molecular complexity index is 879. The van der Waals surface area contributed by atoms with Gasteiger partial charge in [0.15, 0.2) is 0 Å². The Kier molecular flexibility index (Phi) is 4.83. The van der Waals surface area contributed by atoms with Gasteiger partial charge in [-0.05, 0) is 61.9 Å². The number of aryl methyl sites for hydroxylation is 1. The van der Waals surface area contributed by atoms with Crippen LogP contribution in [-0.4, -0.2) is 44.7 Å². The van der Waals surface area contributed by atoms with E-state index in [9.17, 15) is 14.7 Å². The van der Waals surface area contributed by atoms with E-state index < -0.39 is 0 Å². The number of rotatable bonds is 3. The molecule has 2 aliphatic rings. The monoisotopic (exact) mass is 367 g/mol. The molecule has 3 heterocycles. The first kappa shape index (κ1) is 17.9. The number of carbonyl (C=O) groups is 1. The third kappa shape index (κ3) is 3.41. The van der Waals surface area contributed by atoms with Gasteiger partial charge in [0.1, 0.15) is 5.56 Å². The Labute approximate surface area is 158 Å². The van der Waals surface area contributed by atoms with Crippen molar-refractivity contribution in [3.05, 3.63) is 63.8 Å². The highest BCUT2D eigenvalue weighted by Gasteiger charge is 2.34. The summed E-state index contributed by atoms with van der Waals surface area (Å²) < 4.78 is 1.70.